The van der Waals surface area contributed by atoms with Crippen LogP contribution in [0.1, 0.15) is 5.76 Å². The van der Waals surface area contributed by atoms with Gasteiger partial charge in [0.15, 0.2) is 6.61 Å². The molecule has 0 atom stereocenters. The smallest absolute Gasteiger partial charge is 0.453 e. The fourth-order valence-corrected chi connectivity index (χ4v) is 3.22. The Morgan fingerprint density at radius 3 is 2.17 bits per heavy atom. The number of fused-ring (bicyclic) bond motifs is 1. The minimum absolute atomic E-state index is 0.0285. The summed E-state index contributed by atoms with van der Waals surface area (Å²) >= 11 is 5.78. The standard InChI is InChI=1S/C25H16ClF3O7/c1-32-15-6-8-17(9-7-15)35-23-22(31)19-11-10-18(12-20(19)36-24(23)25(27,28)29)34-21(30)13-33-16-4-2-14(26)3-5-16/h2-12H,13H2,1H3. The topological polar surface area (TPSA) is 84.2 Å². The van der Waals surface area contributed by atoms with Gasteiger partial charge in [-0.2, -0.15) is 13.2 Å². The van der Waals surface area contributed by atoms with E-state index >= 15 is 0 Å². The maximum absolute atomic E-state index is 13.7. The van der Waals surface area contributed by atoms with Gasteiger partial charge in [-0.05, 0) is 60.7 Å². The van der Waals surface area contributed by atoms with Crippen LogP contribution in [-0.4, -0.2) is 19.7 Å². The van der Waals surface area contributed by atoms with Crippen LogP contribution in [0.5, 0.6) is 28.7 Å². The summed E-state index contributed by atoms with van der Waals surface area (Å²) in [5.41, 5.74) is -1.50. The van der Waals surface area contributed by atoms with Crippen molar-refractivity contribution in [2.45, 2.75) is 6.18 Å². The lowest BCUT2D eigenvalue weighted by Gasteiger charge is -2.14. The molecule has 0 amide bonds. The summed E-state index contributed by atoms with van der Waals surface area (Å²) in [5.74, 6) is -2.86. The zero-order valence-electron chi connectivity index (χ0n) is 18.4. The Hall–Kier alpha value is -4.18. The molecule has 186 valence electrons. The van der Waals surface area contributed by atoms with Crippen LogP contribution in [0.4, 0.5) is 13.2 Å². The fourth-order valence-electron chi connectivity index (χ4n) is 3.09. The maximum Gasteiger partial charge on any atom is 0.453 e. The molecule has 0 spiro atoms. The first-order valence-electron chi connectivity index (χ1n) is 10.2. The SMILES string of the molecule is COc1ccc(Oc2c(C(F)(F)F)oc3cc(OC(=O)COc4ccc(Cl)cc4)ccc3c2=O)cc1. The van der Waals surface area contributed by atoms with E-state index in [1.807, 2.05) is 0 Å². The third-order valence-electron chi connectivity index (χ3n) is 4.76. The minimum Gasteiger partial charge on any atom is -0.497 e. The first kappa shape index (κ1) is 24.9. The number of esters is 1. The summed E-state index contributed by atoms with van der Waals surface area (Å²) in [6.45, 7) is -0.480. The van der Waals surface area contributed by atoms with Crippen molar-refractivity contribution in [3.8, 4) is 28.7 Å². The predicted octanol–water partition coefficient (Wildman–Crippen LogP) is 6.25. The van der Waals surface area contributed by atoms with E-state index in [9.17, 15) is 22.8 Å². The minimum atomic E-state index is -5.05. The van der Waals surface area contributed by atoms with Crippen LogP contribution in [0.25, 0.3) is 11.0 Å². The lowest BCUT2D eigenvalue weighted by Crippen LogP contribution is -2.18. The molecule has 0 N–H and O–H groups in total. The van der Waals surface area contributed by atoms with E-state index in [0.29, 0.717) is 16.5 Å². The third-order valence-corrected chi connectivity index (χ3v) is 5.01. The van der Waals surface area contributed by atoms with E-state index in [-0.39, 0.29) is 16.9 Å². The fraction of sp³-hybridized carbons (Fsp3) is 0.120. The largest absolute Gasteiger partial charge is 0.497 e. The summed E-state index contributed by atoms with van der Waals surface area (Å²) in [6.07, 6.45) is -5.05. The molecule has 0 bridgehead atoms. The molecule has 4 rings (SSSR count). The molecule has 1 aromatic heterocycles. The molecule has 0 saturated carbocycles. The van der Waals surface area contributed by atoms with Crippen molar-refractivity contribution in [1.29, 1.82) is 0 Å². The van der Waals surface area contributed by atoms with Gasteiger partial charge in [0.2, 0.25) is 11.2 Å². The summed E-state index contributed by atoms with van der Waals surface area (Å²) in [6, 6.07) is 15.3. The molecule has 0 fully saturated rings. The van der Waals surface area contributed by atoms with Crippen molar-refractivity contribution >= 4 is 28.5 Å². The Balaban J connectivity index is 1.60. The predicted molar refractivity (Wildman–Crippen MR) is 123 cm³/mol. The molecule has 11 heteroatoms. The van der Waals surface area contributed by atoms with Gasteiger partial charge < -0.3 is 23.4 Å². The average molecular weight is 521 g/mol. The first-order valence-corrected chi connectivity index (χ1v) is 10.6. The van der Waals surface area contributed by atoms with Crippen molar-refractivity contribution in [2.24, 2.45) is 0 Å². The molecule has 0 saturated heterocycles. The highest BCUT2D eigenvalue weighted by atomic mass is 35.5. The van der Waals surface area contributed by atoms with Gasteiger partial charge in [0.25, 0.3) is 5.76 Å². The van der Waals surface area contributed by atoms with Crippen LogP contribution < -0.4 is 24.4 Å². The Bertz CT molecular complexity index is 1450. The molecule has 0 unspecified atom stereocenters. The number of halogens is 4. The number of hydrogen-bond acceptors (Lipinski definition) is 7. The van der Waals surface area contributed by atoms with E-state index in [2.05, 4.69) is 0 Å². The van der Waals surface area contributed by atoms with Crippen molar-refractivity contribution in [3.63, 3.8) is 0 Å². The summed E-state index contributed by atoms with van der Waals surface area (Å²) in [4.78, 5) is 25.0. The van der Waals surface area contributed by atoms with E-state index in [4.69, 9.17) is 35.0 Å². The lowest BCUT2D eigenvalue weighted by molar-refractivity contribution is -0.154. The summed E-state index contributed by atoms with van der Waals surface area (Å²) < 4.78 is 66.8. The molecule has 0 aliphatic carbocycles. The van der Waals surface area contributed by atoms with Crippen LogP contribution >= 0.6 is 11.6 Å². The number of benzene rings is 3. The molecular formula is C25H16ClF3O7. The highest BCUT2D eigenvalue weighted by Gasteiger charge is 2.40. The number of methoxy groups -OCH3 is 1. The second-order valence-electron chi connectivity index (χ2n) is 7.24. The first-order chi connectivity index (χ1) is 17.1. The van der Waals surface area contributed by atoms with Gasteiger partial charge in [-0.3, -0.25) is 4.79 Å². The molecular weight excluding hydrogens is 505 g/mol. The number of rotatable bonds is 7. The summed E-state index contributed by atoms with van der Waals surface area (Å²) in [5, 5.41) is 0.280. The monoisotopic (exact) mass is 520 g/mol. The maximum atomic E-state index is 13.7. The Morgan fingerprint density at radius 2 is 1.53 bits per heavy atom. The van der Waals surface area contributed by atoms with E-state index in [1.54, 1.807) is 24.3 Å². The lowest BCUT2D eigenvalue weighted by atomic mass is 10.2. The van der Waals surface area contributed by atoms with E-state index < -0.39 is 41.3 Å². The van der Waals surface area contributed by atoms with Crippen LogP contribution in [-0.2, 0) is 11.0 Å². The highest BCUT2D eigenvalue weighted by Crippen LogP contribution is 2.38. The molecule has 0 radical (unpaired) electrons. The third kappa shape index (κ3) is 5.72. The van der Waals surface area contributed by atoms with Gasteiger partial charge in [-0.1, -0.05) is 11.6 Å². The van der Waals surface area contributed by atoms with Crippen LogP contribution in [0, 0.1) is 0 Å². The van der Waals surface area contributed by atoms with Gasteiger partial charge in [0.05, 0.1) is 12.5 Å². The number of hydrogen-bond donors (Lipinski definition) is 0. The molecule has 0 aliphatic heterocycles. The van der Waals surface area contributed by atoms with Crippen LogP contribution in [0.3, 0.4) is 0 Å². The normalized spacial score (nSPS) is 11.2. The Kier molecular flexibility index (Phi) is 7.07. The highest BCUT2D eigenvalue weighted by molar-refractivity contribution is 6.30. The molecule has 7 nitrogen and oxygen atoms in total. The molecule has 36 heavy (non-hydrogen) atoms. The molecule has 0 aliphatic rings. The van der Waals surface area contributed by atoms with Crippen molar-refractivity contribution in [2.75, 3.05) is 13.7 Å². The van der Waals surface area contributed by atoms with Crippen LogP contribution in [0.15, 0.2) is 75.9 Å². The second-order valence-corrected chi connectivity index (χ2v) is 7.68. The number of alkyl halides is 3. The number of carbonyl (C=O) groups excluding carboxylic acids is 1. The van der Waals surface area contributed by atoms with Crippen molar-refractivity contribution < 1.29 is 41.3 Å². The average Bonchev–Trinajstić information content (AvgIpc) is 2.85. The zero-order chi connectivity index (χ0) is 25.9. The summed E-state index contributed by atoms with van der Waals surface area (Å²) in [7, 11) is 1.42. The van der Waals surface area contributed by atoms with Crippen molar-refractivity contribution in [3.05, 3.63) is 87.7 Å². The molecule has 1 heterocycles. The van der Waals surface area contributed by atoms with Gasteiger partial charge in [-0.15, -0.1) is 0 Å². The van der Waals surface area contributed by atoms with Crippen LogP contribution in [0.2, 0.25) is 5.02 Å². The quantitative estimate of drug-likeness (QED) is 0.210. The van der Waals surface area contributed by atoms with Gasteiger partial charge >= 0.3 is 12.1 Å². The van der Waals surface area contributed by atoms with Crippen molar-refractivity contribution in [1.82, 2.24) is 0 Å². The second kappa shape index (κ2) is 10.2. The van der Waals surface area contributed by atoms with Gasteiger partial charge in [0, 0.05) is 11.1 Å². The van der Waals surface area contributed by atoms with Gasteiger partial charge in [0.1, 0.15) is 28.6 Å². The Labute approximate surface area is 206 Å². The van der Waals surface area contributed by atoms with Gasteiger partial charge in [-0.25, -0.2) is 4.79 Å². The molecule has 3 aromatic carbocycles. The molecule has 4 aromatic rings. The van der Waals surface area contributed by atoms with E-state index in [0.717, 1.165) is 6.07 Å². The number of carbonyl (C=O) groups is 1. The zero-order valence-corrected chi connectivity index (χ0v) is 19.2. The number of ether oxygens (including phenoxy) is 4. The Morgan fingerprint density at radius 1 is 0.917 bits per heavy atom. The van der Waals surface area contributed by atoms with E-state index in [1.165, 1.54) is 43.5 Å².